The van der Waals surface area contributed by atoms with Gasteiger partial charge in [-0.25, -0.2) is 0 Å². The number of amides is 1. The highest BCUT2D eigenvalue weighted by atomic mass is 32.1. The summed E-state index contributed by atoms with van der Waals surface area (Å²) in [6.45, 7) is 5.77. The average Bonchev–Trinajstić information content (AvgIpc) is 2.74. The molecule has 0 aliphatic carbocycles. The predicted octanol–water partition coefficient (Wildman–Crippen LogP) is 2.14. The third-order valence-electron chi connectivity index (χ3n) is 2.20. The Morgan fingerprint density at radius 3 is 2.94 bits per heavy atom. The van der Waals surface area contributed by atoms with Crippen molar-refractivity contribution in [3.8, 4) is 0 Å². The van der Waals surface area contributed by atoms with Gasteiger partial charge in [-0.1, -0.05) is 13.8 Å². The van der Waals surface area contributed by atoms with E-state index >= 15 is 0 Å². The molecule has 1 aromatic rings. The Labute approximate surface area is 101 Å². The molecule has 0 bridgehead atoms. The highest BCUT2D eigenvalue weighted by Crippen LogP contribution is 2.05. The van der Waals surface area contributed by atoms with E-state index in [1.165, 1.54) is 5.56 Å². The number of carbonyl (C=O) groups is 1. The number of thiophene rings is 1. The zero-order valence-corrected chi connectivity index (χ0v) is 10.8. The Kier molecular flexibility index (Phi) is 6.11. The second-order valence-corrected chi connectivity index (χ2v) is 4.90. The molecule has 0 unspecified atom stereocenters. The number of nitrogens with one attached hydrogen (secondary N) is 2. The second kappa shape index (κ2) is 7.41. The van der Waals surface area contributed by atoms with Crippen LogP contribution in [0.25, 0.3) is 0 Å². The van der Waals surface area contributed by atoms with E-state index in [0.717, 1.165) is 13.0 Å². The van der Waals surface area contributed by atoms with Gasteiger partial charge in [0.05, 0.1) is 0 Å². The summed E-state index contributed by atoms with van der Waals surface area (Å²) in [5.41, 5.74) is 1.18. The normalized spacial score (nSPS) is 10.7. The maximum atomic E-state index is 11.4. The summed E-state index contributed by atoms with van der Waals surface area (Å²) in [4.78, 5) is 11.4. The number of hydrogen-bond acceptors (Lipinski definition) is 3. The van der Waals surface area contributed by atoms with Crippen LogP contribution >= 0.6 is 11.3 Å². The van der Waals surface area contributed by atoms with Crippen LogP contribution in [0.15, 0.2) is 16.8 Å². The molecule has 0 fully saturated rings. The van der Waals surface area contributed by atoms with E-state index in [9.17, 15) is 4.79 Å². The molecule has 0 saturated carbocycles. The lowest BCUT2D eigenvalue weighted by Gasteiger charge is -2.07. The molecule has 0 spiro atoms. The monoisotopic (exact) mass is 240 g/mol. The highest BCUT2D eigenvalue weighted by Gasteiger charge is 2.01. The van der Waals surface area contributed by atoms with Crippen LogP contribution in [0, 0.1) is 0 Å². The van der Waals surface area contributed by atoms with Gasteiger partial charge >= 0.3 is 0 Å². The molecule has 90 valence electrons. The minimum absolute atomic E-state index is 0.136. The Hall–Kier alpha value is -0.870. The molecule has 0 saturated heterocycles. The van der Waals surface area contributed by atoms with E-state index in [1.54, 1.807) is 11.3 Å². The Bertz CT molecular complexity index is 296. The maximum absolute atomic E-state index is 11.4. The first-order chi connectivity index (χ1) is 7.68. The molecule has 0 aromatic carbocycles. The van der Waals surface area contributed by atoms with Gasteiger partial charge in [-0.3, -0.25) is 4.79 Å². The summed E-state index contributed by atoms with van der Waals surface area (Å²) in [5.74, 6) is 0.136. The van der Waals surface area contributed by atoms with Crippen molar-refractivity contribution >= 4 is 17.2 Å². The fourth-order valence-corrected chi connectivity index (χ4v) is 1.99. The quantitative estimate of drug-likeness (QED) is 0.717. The molecule has 16 heavy (non-hydrogen) atoms. The molecule has 0 atom stereocenters. The lowest BCUT2D eigenvalue weighted by Crippen LogP contribution is -2.26. The smallest absolute Gasteiger partial charge is 0.220 e. The van der Waals surface area contributed by atoms with Crippen molar-refractivity contribution in [3.05, 3.63) is 22.4 Å². The van der Waals surface area contributed by atoms with Gasteiger partial charge in [0.2, 0.25) is 5.91 Å². The summed E-state index contributed by atoms with van der Waals surface area (Å²) in [7, 11) is 0. The van der Waals surface area contributed by atoms with Crippen LogP contribution in [-0.4, -0.2) is 18.5 Å². The topological polar surface area (TPSA) is 41.1 Å². The lowest BCUT2D eigenvalue weighted by molar-refractivity contribution is -0.121. The number of hydrogen-bond donors (Lipinski definition) is 2. The minimum atomic E-state index is 0.136. The van der Waals surface area contributed by atoms with Crippen LogP contribution in [0.5, 0.6) is 0 Å². The van der Waals surface area contributed by atoms with Crippen molar-refractivity contribution in [2.24, 2.45) is 0 Å². The van der Waals surface area contributed by atoms with Crippen molar-refractivity contribution in [3.63, 3.8) is 0 Å². The Morgan fingerprint density at radius 2 is 2.31 bits per heavy atom. The van der Waals surface area contributed by atoms with Crippen molar-refractivity contribution < 1.29 is 4.79 Å². The Morgan fingerprint density at radius 1 is 1.50 bits per heavy atom. The average molecular weight is 240 g/mol. The number of carbonyl (C=O) groups excluding carboxylic acids is 1. The van der Waals surface area contributed by atoms with Crippen LogP contribution in [0.4, 0.5) is 0 Å². The van der Waals surface area contributed by atoms with Crippen LogP contribution in [0.2, 0.25) is 0 Å². The van der Waals surface area contributed by atoms with E-state index in [-0.39, 0.29) is 5.91 Å². The van der Waals surface area contributed by atoms with Crippen LogP contribution in [0.3, 0.4) is 0 Å². The first-order valence-corrected chi connectivity index (χ1v) is 6.64. The predicted molar refractivity (Wildman–Crippen MR) is 68.5 cm³/mol. The highest BCUT2D eigenvalue weighted by molar-refractivity contribution is 7.07. The van der Waals surface area contributed by atoms with Crippen molar-refractivity contribution in [2.75, 3.05) is 6.54 Å². The molecule has 1 rings (SSSR count). The van der Waals surface area contributed by atoms with Gasteiger partial charge in [0.15, 0.2) is 0 Å². The summed E-state index contributed by atoms with van der Waals surface area (Å²) < 4.78 is 0. The molecule has 0 aliphatic heterocycles. The van der Waals surface area contributed by atoms with Gasteiger partial charge in [0, 0.05) is 19.0 Å². The summed E-state index contributed by atoms with van der Waals surface area (Å²) in [6.07, 6.45) is 1.50. The molecule has 4 heteroatoms. The van der Waals surface area contributed by atoms with Crippen LogP contribution in [0.1, 0.15) is 32.3 Å². The SMILES string of the molecule is CC(C)NCCCC(=O)NCc1ccsc1. The van der Waals surface area contributed by atoms with Gasteiger partial charge in [0.25, 0.3) is 0 Å². The van der Waals surface area contributed by atoms with Gasteiger partial charge in [-0.15, -0.1) is 0 Å². The molecule has 1 amide bonds. The number of rotatable bonds is 7. The molecule has 1 aromatic heterocycles. The van der Waals surface area contributed by atoms with Gasteiger partial charge in [-0.05, 0) is 35.4 Å². The third kappa shape index (κ3) is 5.88. The van der Waals surface area contributed by atoms with Gasteiger partial charge in [0.1, 0.15) is 0 Å². The fourth-order valence-electron chi connectivity index (χ4n) is 1.32. The van der Waals surface area contributed by atoms with E-state index < -0.39 is 0 Å². The largest absolute Gasteiger partial charge is 0.352 e. The first-order valence-electron chi connectivity index (χ1n) is 5.69. The molecule has 3 nitrogen and oxygen atoms in total. The molecule has 0 radical (unpaired) electrons. The zero-order chi connectivity index (χ0) is 11.8. The summed E-state index contributed by atoms with van der Waals surface area (Å²) in [6, 6.07) is 2.53. The second-order valence-electron chi connectivity index (χ2n) is 4.12. The lowest BCUT2D eigenvalue weighted by atomic mass is 10.2. The van der Waals surface area contributed by atoms with Crippen molar-refractivity contribution in [1.82, 2.24) is 10.6 Å². The fraction of sp³-hybridized carbons (Fsp3) is 0.583. The van der Waals surface area contributed by atoms with Crippen LogP contribution in [-0.2, 0) is 11.3 Å². The standard InChI is InChI=1S/C12H20N2OS/c1-10(2)13-6-3-4-12(15)14-8-11-5-7-16-9-11/h5,7,9-10,13H,3-4,6,8H2,1-2H3,(H,14,15). The van der Waals surface area contributed by atoms with E-state index in [2.05, 4.69) is 29.9 Å². The summed E-state index contributed by atoms with van der Waals surface area (Å²) >= 11 is 1.65. The Balaban J connectivity index is 2.03. The van der Waals surface area contributed by atoms with E-state index in [1.807, 2.05) is 11.4 Å². The molecule has 0 aliphatic rings. The van der Waals surface area contributed by atoms with Gasteiger partial charge < -0.3 is 10.6 Å². The molecular formula is C12H20N2OS. The van der Waals surface area contributed by atoms with Crippen LogP contribution < -0.4 is 10.6 Å². The third-order valence-corrected chi connectivity index (χ3v) is 2.94. The van der Waals surface area contributed by atoms with Crippen molar-refractivity contribution in [2.45, 2.75) is 39.3 Å². The van der Waals surface area contributed by atoms with Gasteiger partial charge in [-0.2, -0.15) is 11.3 Å². The zero-order valence-electron chi connectivity index (χ0n) is 9.95. The minimum Gasteiger partial charge on any atom is -0.352 e. The summed E-state index contributed by atoms with van der Waals surface area (Å²) in [5, 5.41) is 10.3. The first kappa shape index (κ1) is 13.2. The van der Waals surface area contributed by atoms with E-state index in [4.69, 9.17) is 0 Å². The van der Waals surface area contributed by atoms with Crippen molar-refractivity contribution in [1.29, 1.82) is 0 Å². The maximum Gasteiger partial charge on any atom is 0.220 e. The molecule has 2 N–H and O–H groups in total. The molecular weight excluding hydrogens is 220 g/mol. The molecule has 1 heterocycles. The van der Waals surface area contributed by atoms with E-state index in [0.29, 0.717) is 19.0 Å².